The molecule has 1 fully saturated rings. The highest BCUT2D eigenvalue weighted by molar-refractivity contribution is 5.94. The lowest BCUT2D eigenvalue weighted by Crippen LogP contribution is -2.45. The van der Waals surface area contributed by atoms with Crippen LogP contribution in [0.3, 0.4) is 0 Å². The summed E-state index contributed by atoms with van der Waals surface area (Å²) in [6, 6.07) is 7.09. The quantitative estimate of drug-likeness (QED) is 0.813. The van der Waals surface area contributed by atoms with Gasteiger partial charge in [-0.15, -0.1) is 0 Å². The van der Waals surface area contributed by atoms with Crippen LogP contribution in [-0.2, 0) is 4.74 Å². The topological polar surface area (TPSA) is 59.6 Å². The van der Waals surface area contributed by atoms with E-state index in [0.29, 0.717) is 24.5 Å². The molecule has 0 aliphatic carbocycles. The fourth-order valence-electron chi connectivity index (χ4n) is 1.82. The van der Waals surface area contributed by atoms with Gasteiger partial charge in [-0.05, 0) is 18.2 Å². The minimum absolute atomic E-state index is 0.0494. The van der Waals surface area contributed by atoms with Crippen LogP contribution in [0.1, 0.15) is 10.4 Å². The second kappa shape index (κ2) is 6.37. The third kappa shape index (κ3) is 3.45. The van der Waals surface area contributed by atoms with Gasteiger partial charge in [-0.1, -0.05) is 6.07 Å². The molecule has 1 saturated heterocycles. The van der Waals surface area contributed by atoms with Gasteiger partial charge < -0.3 is 20.1 Å². The lowest BCUT2D eigenvalue weighted by atomic mass is 10.2. The summed E-state index contributed by atoms with van der Waals surface area (Å²) in [6.07, 6.45) is 0.0494. The average Bonchev–Trinajstić information content (AvgIpc) is 2.46. The van der Waals surface area contributed by atoms with Gasteiger partial charge in [-0.3, -0.25) is 4.79 Å². The van der Waals surface area contributed by atoms with Crippen LogP contribution in [0, 0.1) is 0 Å². The number of benzene rings is 1. The highest BCUT2D eigenvalue weighted by atomic mass is 16.5. The number of carbonyl (C=O) groups is 1. The number of hydrogen-bond donors (Lipinski definition) is 2. The summed E-state index contributed by atoms with van der Waals surface area (Å²) in [5, 5.41) is 6.08. The first-order chi connectivity index (χ1) is 8.79. The van der Waals surface area contributed by atoms with Crippen LogP contribution >= 0.6 is 0 Å². The Morgan fingerprint density at radius 1 is 1.61 bits per heavy atom. The molecule has 5 heteroatoms. The number of hydrogen-bond acceptors (Lipinski definition) is 4. The van der Waals surface area contributed by atoms with Crippen LogP contribution < -0.4 is 15.4 Å². The van der Waals surface area contributed by atoms with Gasteiger partial charge >= 0.3 is 0 Å². The van der Waals surface area contributed by atoms with Crippen molar-refractivity contribution in [3.05, 3.63) is 29.8 Å². The molecule has 1 aliphatic heterocycles. The molecule has 0 saturated carbocycles. The first-order valence-corrected chi connectivity index (χ1v) is 6.04. The van der Waals surface area contributed by atoms with E-state index in [1.54, 1.807) is 25.3 Å². The van der Waals surface area contributed by atoms with Crippen molar-refractivity contribution in [1.29, 1.82) is 0 Å². The normalized spacial score (nSPS) is 19.3. The first-order valence-electron chi connectivity index (χ1n) is 6.04. The predicted molar refractivity (Wildman–Crippen MR) is 67.9 cm³/mol. The van der Waals surface area contributed by atoms with Crippen LogP contribution in [0.2, 0.25) is 0 Å². The van der Waals surface area contributed by atoms with Gasteiger partial charge in [0.1, 0.15) is 5.75 Å². The SMILES string of the molecule is COc1cccc(C(=O)NCC2CNCCO2)c1. The Morgan fingerprint density at radius 2 is 2.50 bits per heavy atom. The molecular weight excluding hydrogens is 232 g/mol. The van der Waals surface area contributed by atoms with E-state index in [1.165, 1.54) is 0 Å². The fraction of sp³-hybridized carbons (Fsp3) is 0.462. The number of ether oxygens (including phenoxy) is 2. The zero-order chi connectivity index (χ0) is 12.8. The Labute approximate surface area is 106 Å². The monoisotopic (exact) mass is 250 g/mol. The number of amides is 1. The predicted octanol–water partition coefficient (Wildman–Crippen LogP) is 0.413. The molecule has 5 nitrogen and oxygen atoms in total. The molecule has 1 amide bonds. The molecule has 1 aromatic rings. The highest BCUT2D eigenvalue weighted by Gasteiger charge is 2.14. The number of methoxy groups -OCH3 is 1. The minimum Gasteiger partial charge on any atom is -0.497 e. The molecule has 1 aliphatic rings. The largest absolute Gasteiger partial charge is 0.497 e. The van der Waals surface area contributed by atoms with Gasteiger partial charge in [0.25, 0.3) is 5.91 Å². The molecule has 2 N–H and O–H groups in total. The summed E-state index contributed by atoms with van der Waals surface area (Å²) in [5.74, 6) is 0.571. The second-order valence-corrected chi connectivity index (χ2v) is 4.14. The van der Waals surface area contributed by atoms with Crippen molar-refractivity contribution in [2.24, 2.45) is 0 Å². The van der Waals surface area contributed by atoms with E-state index in [-0.39, 0.29) is 12.0 Å². The summed E-state index contributed by atoms with van der Waals surface area (Å²) in [6.45, 7) is 2.86. The van der Waals surface area contributed by atoms with Crippen molar-refractivity contribution in [3.8, 4) is 5.75 Å². The van der Waals surface area contributed by atoms with E-state index >= 15 is 0 Å². The van der Waals surface area contributed by atoms with Crippen molar-refractivity contribution in [2.45, 2.75) is 6.10 Å². The average molecular weight is 250 g/mol. The van der Waals surface area contributed by atoms with Crippen LogP contribution in [0.25, 0.3) is 0 Å². The fourth-order valence-corrected chi connectivity index (χ4v) is 1.82. The third-order valence-electron chi connectivity index (χ3n) is 2.83. The van der Waals surface area contributed by atoms with E-state index in [9.17, 15) is 4.79 Å². The van der Waals surface area contributed by atoms with Crippen LogP contribution in [0.5, 0.6) is 5.75 Å². The Hall–Kier alpha value is -1.59. The second-order valence-electron chi connectivity index (χ2n) is 4.14. The van der Waals surface area contributed by atoms with E-state index in [1.807, 2.05) is 6.07 Å². The van der Waals surface area contributed by atoms with Crippen molar-refractivity contribution in [3.63, 3.8) is 0 Å². The molecule has 1 unspecified atom stereocenters. The molecule has 0 aromatic heterocycles. The number of rotatable bonds is 4. The van der Waals surface area contributed by atoms with Crippen LogP contribution in [0.4, 0.5) is 0 Å². The molecular formula is C13H18N2O3. The van der Waals surface area contributed by atoms with Crippen LogP contribution in [-0.4, -0.2) is 45.4 Å². The van der Waals surface area contributed by atoms with Crippen molar-refractivity contribution >= 4 is 5.91 Å². The van der Waals surface area contributed by atoms with E-state index < -0.39 is 0 Å². The summed E-state index contributed by atoms with van der Waals surface area (Å²) in [4.78, 5) is 11.9. The molecule has 2 rings (SSSR count). The smallest absolute Gasteiger partial charge is 0.251 e. The maximum absolute atomic E-state index is 11.9. The molecule has 1 aromatic carbocycles. The Bertz CT molecular complexity index is 403. The summed E-state index contributed by atoms with van der Waals surface area (Å²) >= 11 is 0. The Kier molecular flexibility index (Phi) is 4.55. The Morgan fingerprint density at radius 3 is 3.22 bits per heavy atom. The molecule has 18 heavy (non-hydrogen) atoms. The first kappa shape index (κ1) is 12.9. The van der Waals surface area contributed by atoms with Crippen molar-refractivity contribution in [1.82, 2.24) is 10.6 Å². The molecule has 1 atom stereocenters. The summed E-state index contributed by atoms with van der Waals surface area (Å²) in [5.41, 5.74) is 0.595. The van der Waals surface area contributed by atoms with E-state index in [4.69, 9.17) is 9.47 Å². The minimum atomic E-state index is -0.108. The lowest BCUT2D eigenvalue weighted by Gasteiger charge is -2.23. The Balaban J connectivity index is 1.86. The summed E-state index contributed by atoms with van der Waals surface area (Å²) < 4.78 is 10.6. The van der Waals surface area contributed by atoms with Gasteiger partial charge in [0.2, 0.25) is 0 Å². The standard InChI is InChI=1S/C13H18N2O3/c1-17-11-4-2-3-10(7-11)13(16)15-9-12-8-14-5-6-18-12/h2-4,7,12,14H,5-6,8-9H2,1H3,(H,15,16). The van der Waals surface area contributed by atoms with Crippen molar-refractivity contribution in [2.75, 3.05) is 33.4 Å². The zero-order valence-corrected chi connectivity index (χ0v) is 10.4. The van der Waals surface area contributed by atoms with Crippen molar-refractivity contribution < 1.29 is 14.3 Å². The van der Waals surface area contributed by atoms with Gasteiger partial charge in [0.05, 0.1) is 19.8 Å². The van der Waals surface area contributed by atoms with Crippen LogP contribution in [0.15, 0.2) is 24.3 Å². The molecule has 0 spiro atoms. The molecule has 0 radical (unpaired) electrons. The number of carbonyl (C=O) groups excluding carboxylic acids is 1. The number of nitrogens with one attached hydrogen (secondary N) is 2. The summed E-state index contributed by atoms with van der Waals surface area (Å²) in [7, 11) is 1.58. The number of morpholine rings is 1. The highest BCUT2D eigenvalue weighted by Crippen LogP contribution is 2.12. The van der Waals surface area contributed by atoms with Gasteiger partial charge in [-0.2, -0.15) is 0 Å². The molecule has 1 heterocycles. The molecule has 98 valence electrons. The molecule has 0 bridgehead atoms. The van der Waals surface area contributed by atoms with Gasteiger partial charge in [0, 0.05) is 25.2 Å². The van der Waals surface area contributed by atoms with Gasteiger partial charge in [-0.25, -0.2) is 0 Å². The zero-order valence-electron chi connectivity index (χ0n) is 10.4. The third-order valence-corrected chi connectivity index (χ3v) is 2.83. The lowest BCUT2D eigenvalue weighted by molar-refractivity contribution is 0.0287. The van der Waals surface area contributed by atoms with Gasteiger partial charge in [0.15, 0.2) is 0 Å². The van der Waals surface area contributed by atoms with E-state index in [0.717, 1.165) is 13.1 Å². The van der Waals surface area contributed by atoms with E-state index in [2.05, 4.69) is 10.6 Å². The maximum Gasteiger partial charge on any atom is 0.251 e. The maximum atomic E-state index is 11.9.